The molecule has 3 rings (SSSR count). The van der Waals surface area contributed by atoms with Gasteiger partial charge in [0.15, 0.2) is 5.67 Å². The molecule has 2 N–H and O–H groups in total. The molecule has 0 amide bonds. The largest absolute Gasteiger partial charge is 0.396 e. The number of likely N-dealkylation sites (tertiary alicyclic amines) is 1. The first-order valence-corrected chi connectivity index (χ1v) is 10.7. The molecule has 1 saturated heterocycles. The summed E-state index contributed by atoms with van der Waals surface area (Å²) in [7, 11) is 0. The molecule has 1 aromatic carbocycles. The average Bonchev–Trinajstić information content (AvgIpc) is 2.74. The molecule has 0 radical (unpaired) electrons. The summed E-state index contributed by atoms with van der Waals surface area (Å²) in [5.74, 6) is -0.361. The number of aliphatic imine (C=N–C) groups is 1. The lowest BCUT2D eigenvalue weighted by Crippen LogP contribution is -2.46. The van der Waals surface area contributed by atoms with Gasteiger partial charge in [0.2, 0.25) is 12.2 Å². The highest BCUT2D eigenvalue weighted by atomic mass is 19.1. The first-order valence-electron chi connectivity index (χ1n) is 10.7. The number of alkyl halides is 1. The van der Waals surface area contributed by atoms with Gasteiger partial charge in [-0.25, -0.2) is 8.78 Å². The van der Waals surface area contributed by atoms with E-state index < -0.39 is 11.5 Å². The summed E-state index contributed by atoms with van der Waals surface area (Å²) < 4.78 is 30.1. The fourth-order valence-corrected chi connectivity index (χ4v) is 3.79. The van der Waals surface area contributed by atoms with E-state index in [0.717, 1.165) is 5.69 Å². The number of aromatic nitrogens is 1. The van der Waals surface area contributed by atoms with Gasteiger partial charge < -0.3 is 15.3 Å². The topological polar surface area (TPSA) is 84.5 Å². The standard InChI is InChI=1S/C24H29F2N5O/c1-23(2,3)18-4-6-19(7-5-18)30-22(29-16-27)31-11-9-24(26,10-12-31)21-20(25)14-17(8-13-32)15-28-21/h4-7,14-15,32H,8-13H2,1-3H3,(H,29,30). The van der Waals surface area contributed by atoms with Crippen LogP contribution in [0.2, 0.25) is 0 Å². The second kappa shape index (κ2) is 9.61. The van der Waals surface area contributed by atoms with Crippen molar-refractivity contribution >= 4 is 11.6 Å². The Morgan fingerprint density at radius 2 is 1.94 bits per heavy atom. The van der Waals surface area contributed by atoms with Crippen LogP contribution in [0.1, 0.15) is 50.4 Å². The Kier molecular flexibility index (Phi) is 7.09. The number of hydrogen-bond donors (Lipinski definition) is 2. The van der Waals surface area contributed by atoms with Gasteiger partial charge in [0.1, 0.15) is 11.5 Å². The number of pyridine rings is 1. The summed E-state index contributed by atoms with van der Waals surface area (Å²) in [6, 6.07) is 9.11. The summed E-state index contributed by atoms with van der Waals surface area (Å²) in [6.45, 7) is 6.78. The average molecular weight is 442 g/mol. The Morgan fingerprint density at radius 1 is 1.28 bits per heavy atom. The minimum atomic E-state index is -1.90. The highest BCUT2D eigenvalue weighted by molar-refractivity contribution is 5.94. The smallest absolute Gasteiger partial charge is 0.214 e. The van der Waals surface area contributed by atoms with E-state index in [0.29, 0.717) is 11.5 Å². The third kappa shape index (κ3) is 5.40. The van der Waals surface area contributed by atoms with Crippen LogP contribution in [0, 0.1) is 17.3 Å². The molecule has 170 valence electrons. The van der Waals surface area contributed by atoms with E-state index in [1.54, 1.807) is 11.1 Å². The van der Waals surface area contributed by atoms with Crippen molar-refractivity contribution in [2.24, 2.45) is 4.99 Å². The molecule has 0 bridgehead atoms. The van der Waals surface area contributed by atoms with Gasteiger partial charge in [0, 0.05) is 44.4 Å². The third-order valence-electron chi connectivity index (χ3n) is 5.74. The van der Waals surface area contributed by atoms with Crippen LogP contribution in [-0.4, -0.2) is 40.6 Å². The molecule has 32 heavy (non-hydrogen) atoms. The predicted molar refractivity (Wildman–Crippen MR) is 120 cm³/mol. The summed E-state index contributed by atoms with van der Waals surface area (Å²) in [4.78, 5) is 9.69. The van der Waals surface area contributed by atoms with Gasteiger partial charge in [-0.2, -0.15) is 5.26 Å². The Balaban J connectivity index is 1.70. The minimum Gasteiger partial charge on any atom is -0.396 e. The van der Waals surface area contributed by atoms with Crippen molar-refractivity contribution < 1.29 is 13.9 Å². The number of benzene rings is 1. The van der Waals surface area contributed by atoms with Gasteiger partial charge in [0.25, 0.3) is 0 Å². The molecular formula is C24H29F2N5O. The van der Waals surface area contributed by atoms with Crippen molar-refractivity contribution in [2.75, 3.05) is 25.0 Å². The molecule has 1 aliphatic rings. The Morgan fingerprint density at radius 3 is 2.47 bits per heavy atom. The maximum atomic E-state index is 15.6. The van der Waals surface area contributed by atoms with E-state index in [4.69, 9.17) is 10.4 Å². The second-order valence-corrected chi connectivity index (χ2v) is 9.09. The molecule has 1 fully saturated rings. The monoisotopic (exact) mass is 441 g/mol. The number of aliphatic hydroxyl groups is 1. The maximum Gasteiger partial charge on any atom is 0.214 e. The zero-order chi connectivity index (χ0) is 23.4. The number of halogens is 2. The number of anilines is 1. The van der Waals surface area contributed by atoms with Gasteiger partial charge in [0.05, 0.1) is 0 Å². The number of aliphatic hydroxyl groups excluding tert-OH is 1. The van der Waals surface area contributed by atoms with E-state index >= 15 is 4.39 Å². The van der Waals surface area contributed by atoms with Crippen LogP contribution in [-0.2, 0) is 17.5 Å². The molecule has 2 heterocycles. The summed E-state index contributed by atoms with van der Waals surface area (Å²) >= 11 is 0. The summed E-state index contributed by atoms with van der Waals surface area (Å²) in [6.07, 6.45) is 3.52. The first-order chi connectivity index (χ1) is 15.2. The fourth-order valence-electron chi connectivity index (χ4n) is 3.79. The Labute approximate surface area is 187 Å². The van der Waals surface area contributed by atoms with Crippen LogP contribution in [0.25, 0.3) is 0 Å². The van der Waals surface area contributed by atoms with Crippen LogP contribution in [0.5, 0.6) is 0 Å². The van der Waals surface area contributed by atoms with Crippen molar-refractivity contribution in [3.63, 3.8) is 0 Å². The number of hydrogen-bond acceptors (Lipinski definition) is 4. The van der Waals surface area contributed by atoms with Crippen LogP contribution < -0.4 is 5.32 Å². The molecule has 0 spiro atoms. The molecule has 6 nitrogen and oxygen atoms in total. The third-order valence-corrected chi connectivity index (χ3v) is 5.74. The summed E-state index contributed by atoms with van der Waals surface area (Å²) in [5, 5.41) is 21.3. The summed E-state index contributed by atoms with van der Waals surface area (Å²) in [5.41, 5.74) is 0.407. The minimum absolute atomic E-state index is 0.0192. The Hall–Kier alpha value is -3.05. The lowest BCUT2D eigenvalue weighted by molar-refractivity contribution is 0.0741. The van der Waals surface area contributed by atoms with Gasteiger partial charge in [-0.3, -0.25) is 4.98 Å². The van der Waals surface area contributed by atoms with Crippen molar-refractivity contribution in [3.8, 4) is 6.19 Å². The number of piperidine rings is 1. The highest BCUT2D eigenvalue weighted by Crippen LogP contribution is 2.37. The maximum absolute atomic E-state index is 15.6. The molecule has 0 saturated carbocycles. The van der Waals surface area contributed by atoms with E-state index in [1.165, 1.54) is 17.8 Å². The van der Waals surface area contributed by atoms with E-state index in [2.05, 4.69) is 36.1 Å². The molecule has 0 atom stereocenters. The van der Waals surface area contributed by atoms with Gasteiger partial charge in [-0.05, 0) is 41.2 Å². The lowest BCUT2D eigenvalue weighted by atomic mass is 9.87. The number of nitrogens with one attached hydrogen (secondary N) is 1. The van der Waals surface area contributed by atoms with Gasteiger partial charge >= 0.3 is 0 Å². The normalized spacial score (nSPS) is 16.5. The van der Waals surface area contributed by atoms with E-state index in [9.17, 15) is 4.39 Å². The van der Waals surface area contributed by atoms with Gasteiger partial charge in [-0.1, -0.05) is 32.9 Å². The van der Waals surface area contributed by atoms with Crippen molar-refractivity contribution in [3.05, 3.63) is 59.2 Å². The second-order valence-electron chi connectivity index (χ2n) is 9.09. The van der Waals surface area contributed by atoms with E-state index in [1.807, 2.05) is 24.3 Å². The van der Waals surface area contributed by atoms with Crippen molar-refractivity contribution in [2.45, 2.75) is 51.1 Å². The van der Waals surface area contributed by atoms with Gasteiger partial charge in [-0.15, -0.1) is 4.99 Å². The molecular weight excluding hydrogens is 412 g/mol. The molecule has 0 aliphatic carbocycles. The number of guanidine groups is 1. The molecule has 1 aliphatic heterocycles. The van der Waals surface area contributed by atoms with Crippen molar-refractivity contribution in [1.82, 2.24) is 9.88 Å². The zero-order valence-corrected chi connectivity index (χ0v) is 18.7. The molecule has 8 heteroatoms. The number of nitrogens with zero attached hydrogens (tertiary/aromatic N) is 4. The fraction of sp³-hybridized carbons (Fsp3) is 0.458. The number of rotatable bonds is 4. The quantitative estimate of drug-likeness (QED) is 0.421. The SMILES string of the molecule is CC(C)(C)c1ccc(NC(=NC#N)N2CCC(F)(c3ncc(CCO)cc3F)CC2)cc1. The molecule has 2 aromatic rings. The molecule has 1 aromatic heterocycles. The van der Waals surface area contributed by atoms with Crippen LogP contribution in [0.3, 0.4) is 0 Å². The van der Waals surface area contributed by atoms with Crippen LogP contribution in [0.4, 0.5) is 14.5 Å². The Bertz CT molecular complexity index is 1000. The van der Waals surface area contributed by atoms with Crippen LogP contribution in [0.15, 0.2) is 41.5 Å². The van der Waals surface area contributed by atoms with E-state index in [-0.39, 0.29) is 50.1 Å². The van der Waals surface area contributed by atoms with Crippen molar-refractivity contribution in [1.29, 1.82) is 5.26 Å². The zero-order valence-electron chi connectivity index (χ0n) is 18.7. The molecule has 0 unspecified atom stereocenters. The highest BCUT2D eigenvalue weighted by Gasteiger charge is 2.40. The first kappa shape index (κ1) is 23.6. The lowest BCUT2D eigenvalue weighted by Gasteiger charge is -2.37. The number of nitriles is 1. The predicted octanol–water partition coefficient (Wildman–Crippen LogP) is 4.26. The van der Waals surface area contributed by atoms with Crippen LogP contribution >= 0.6 is 0 Å².